The summed E-state index contributed by atoms with van der Waals surface area (Å²) in [5.74, 6) is 0.595. The highest BCUT2D eigenvalue weighted by molar-refractivity contribution is 6.28. The molecule has 0 bridgehead atoms. The Kier molecular flexibility index (Phi) is 8.83. The lowest BCUT2D eigenvalue weighted by atomic mass is 9.94. The molecule has 322 valence electrons. The molecule has 5 nitrogen and oxygen atoms in total. The Morgan fingerprint density at radius 1 is 0.304 bits per heavy atom. The molecule has 0 radical (unpaired) electrons. The zero-order valence-corrected chi connectivity index (χ0v) is 37.3. The van der Waals surface area contributed by atoms with Crippen molar-refractivity contribution in [3.8, 4) is 39.6 Å². The van der Waals surface area contributed by atoms with Gasteiger partial charge in [0, 0.05) is 49.7 Å². The smallest absolute Gasteiger partial charge is 0.235 e. The third-order valence-corrected chi connectivity index (χ3v) is 13.8. The van der Waals surface area contributed by atoms with E-state index in [9.17, 15) is 0 Å². The molecule has 3 aromatic heterocycles. The first-order valence-corrected chi connectivity index (χ1v) is 23.4. The van der Waals surface area contributed by atoms with E-state index in [4.69, 9.17) is 14.4 Å². The summed E-state index contributed by atoms with van der Waals surface area (Å²) in [7, 11) is 0. The Labute approximate surface area is 397 Å². The van der Waals surface area contributed by atoms with E-state index < -0.39 is 0 Å². The van der Waals surface area contributed by atoms with Gasteiger partial charge in [0.1, 0.15) is 11.2 Å². The Bertz CT molecular complexity index is 4200. The van der Waals surface area contributed by atoms with Gasteiger partial charge in [-0.15, -0.1) is 0 Å². The molecule has 0 aliphatic carbocycles. The molecule has 5 heteroatoms. The van der Waals surface area contributed by atoms with Gasteiger partial charge in [0.15, 0.2) is 0 Å². The van der Waals surface area contributed by atoms with E-state index in [0.717, 1.165) is 88.9 Å². The number of benzene rings is 11. The van der Waals surface area contributed by atoms with Crippen LogP contribution in [0.4, 0.5) is 17.1 Å². The van der Waals surface area contributed by atoms with Crippen molar-refractivity contribution in [2.45, 2.75) is 0 Å². The van der Waals surface area contributed by atoms with Crippen LogP contribution >= 0.6 is 0 Å². The number of furan rings is 1. The van der Waals surface area contributed by atoms with Gasteiger partial charge in [-0.1, -0.05) is 176 Å². The van der Waals surface area contributed by atoms with Crippen molar-refractivity contribution in [2.24, 2.45) is 0 Å². The molecule has 11 aromatic carbocycles. The van der Waals surface area contributed by atoms with Gasteiger partial charge in [0.2, 0.25) is 5.95 Å². The highest BCUT2D eigenvalue weighted by atomic mass is 16.3. The Balaban J connectivity index is 1.05. The maximum absolute atomic E-state index is 6.60. The SMILES string of the molecule is c1ccc(-c2ccc(N(c3ccc4c5ccccc5c5ccccc5c4c3)c3ccc4c(c3)c3c5c(ccc3n4-c3nc(-c4ccccc4)cc(-c4ccccc4)n3)oc3ccccc35)cc2)cc1. The van der Waals surface area contributed by atoms with Crippen LogP contribution in [0.5, 0.6) is 0 Å². The van der Waals surface area contributed by atoms with Gasteiger partial charge in [0.25, 0.3) is 0 Å². The molecule has 14 aromatic rings. The van der Waals surface area contributed by atoms with Crippen LogP contribution in [-0.2, 0) is 0 Å². The van der Waals surface area contributed by atoms with Gasteiger partial charge < -0.3 is 9.32 Å². The number of fused-ring (bicyclic) bond motifs is 13. The van der Waals surface area contributed by atoms with E-state index in [1.54, 1.807) is 0 Å². The quantitative estimate of drug-likeness (QED) is 0.150. The van der Waals surface area contributed by atoms with E-state index in [-0.39, 0.29) is 0 Å². The highest BCUT2D eigenvalue weighted by Gasteiger charge is 2.24. The third kappa shape index (κ3) is 6.32. The van der Waals surface area contributed by atoms with Crippen LogP contribution in [0.1, 0.15) is 0 Å². The van der Waals surface area contributed by atoms with Gasteiger partial charge in [-0.05, 0) is 110 Å². The second-order valence-corrected chi connectivity index (χ2v) is 17.7. The largest absolute Gasteiger partial charge is 0.456 e. The summed E-state index contributed by atoms with van der Waals surface area (Å²) in [4.78, 5) is 13.2. The molecule has 0 spiro atoms. The van der Waals surface area contributed by atoms with Crippen LogP contribution in [-0.4, -0.2) is 14.5 Å². The summed E-state index contributed by atoms with van der Waals surface area (Å²) in [6.45, 7) is 0. The number of nitrogens with zero attached hydrogens (tertiary/aromatic N) is 4. The van der Waals surface area contributed by atoms with Crippen LogP contribution in [0.25, 0.3) is 116 Å². The van der Waals surface area contributed by atoms with E-state index in [1.165, 1.54) is 37.9 Å². The normalized spacial score (nSPS) is 11.8. The first-order valence-electron chi connectivity index (χ1n) is 23.4. The number of hydrogen-bond donors (Lipinski definition) is 0. The van der Waals surface area contributed by atoms with Crippen molar-refractivity contribution >= 4 is 93.1 Å². The Hall–Kier alpha value is -9.32. The summed E-state index contributed by atoms with van der Waals surface area (Å²) < 4.78 is 8.83. The van der Waals surface area contributed by atoms with Gasteiger partial charge in [-0.3, -0.25) is 4.57 Å². The average molecular weight is 881 g/mol. The van der Waals surface area contributed by atoms with E-state index >= 15 is 0 Å². The van der Waals surface area contributed by atoms with Gasteiger partial charge in [-0.2, -0.15) is 0 Å². The van der Waals surface area contributed by atoms with Crippen molar-refractivity contribution in [2.75, 3.05) is 4.90 Å². The Morgan fingerprint density at radius 3 is 1.39 bits per heavy atom. The fourth-order valence-electron chi connectivity index (χ4n) is 10.6. The molecule has 69 heavy (non-hydrogen) atoms. The maximum Gasteiger partial charge on any atom is 0.235 e. The standard InChI is InChI=1S/C64H40N4O/c1-4-16-41(17-5-1)42-28-30-45(31-29-42)67(46-32-34-52-50-24-11-10-22-48(50)49-23-12-13-25-51(49)54(52)38-46)47-33-35-58-55(39-47)62-59(36-37-61-63(62)53-26-14-15-27-60(53)69-61)68(58)64-65-56(43-18-6-2-7-19-43)40-57(66-64)44-20-8-3-9-21-44/h1-40H. The van der Waals surface area contributed by atoms with E-state index in [0.29, 0.717) is 5.95 Å². The van der Waals surface area contributed by atoms with Gasteiger partial charge in [-0.25, -0.2) is 9.97 Å². The molecule has 0 amide bonds. The zero-order valence-electron chi connectivity index (χ0n) is 37.3. The summed E-state index contributed by atoms with van der Waals surface area (Å²) in [5, 5.41) is 11.7. The molecule has 0 unspecified atom stereocenters. The first-order chi connectivity index (χ1) is 34.2. The minimum Gasteiger partial charge on any atom is -0.456 e. The van der Waals surface area contributed by atoms with Crippen LogP contribution in [0, 0.1) is 0 Å². The minimum atomic E-state index is 0.595. The van der Waals surface area contributed by atoms with Crippen molar-refractivity contribution < 1.29 is 4.42 Å². The topological polar surface area (TPSA) is 47.1 Å². The van der Waals surface area contributed by atoms with Crippen LogP contribution in [0.15, 0.2) is 247 Å². The fourth-order valence-corrected chi connectivity index (χ4v) is 10.6. The number of para-hydroxylation sites is 1. The molecule has 0 aliphatic heterocycles. The van der Waals surface area contributed by atoms with Gasteiger partial charge >= 0.3 is 0 Å². The van der Waals surface area contributed by atoms with E-state index in [1.807, 2.05) is 18.2 Å². The van der Waals surface area contributed by atoms with Crippen molar-refractivity contribution in [3.63, 3.8) is 0 Å². The van der Waals surface area contributed by atoms with Crippen molar-refractivity contribution in [3.05, 3.63) is 243 Å². The summed E-state index contributed by atoms with van der Waals surface area (Å²) in [6.07, 6.45) is 0. The minimum absolute atomic E-state index is 0.595. The summed E-state index contributed by atoms with van der Waals surface area (Å²) in [6, 6.07) is 86.3. The van der Waals surface area contributed by atoms with Crippen LogP contribution in [0.3, 0.4) is 0 Å². The number of aromatic nitrogens is 3. The lowest BCUT2D eigenvalue weighted by Crippen LogP contribution is -2.10. The number of rotatable bonds is 7. The molecule has 0 N–H and O–H groups in total. The molecule has 0 aliphatic rings. The predicted octanol–water partition coefficient (Wildman–Crippen LogP) is 17.4. The second-order valence-electron chi connectivity index (χ2n) is 17.7. The summed E-state index contributed by atoms with van der Waals surface area (Å²) in [5.41, 5.74) is 12.9. The second kappa shape index (κ2) is 15.7. The molecular weight excluding hydrogens is 841 g/mol. The highest BCUT2D eigenvalue weighted by Crippen LogP contribution is 2.46. The molecular formula is C64H40N4O. The fraction of sp³-hybridized carbons (Fsp3) is 0. The molecule has 14 rings (SSSR count). The predicted molar refractivity (Wildman–Crippen MR) is 287 cm³/mol. The first kappa shape index (κ1) is 38.9. The molecule has 0 saturated heterocycles. The monoisotopic (exact) mass is 880 g/mol. The summed E-state index contributed by atoms with van der Waals surface area (Å²) >= 11 is 0. The van der Waals surface area contributed by atoms with Crippen LogP contribution < -0.4 is 4.90 Å². The van der Waals surface area contributed by atoms with E-state index in [2.05, 4.69) is 234 Å². The Morgan fingerprint density at radius 2 is 0.768 bits per heavy atom. The lowest BCUT2D eigenvalue weighted by Gasteiger charge is -2.27. The number of anilines is 3. The average Bonchev–Trinajstić information content (AvgIpc) is 3.97. The molecule has 0 fully saturated rings. The van der Waals surface area contributed by atoms with Gasteiger partial charge in [0.05, 0.1) is 22.4 Å². The van der Waals surface area contributed by atoms with Crippen molar-refractivity contribution in [1.29, 1.82) is 0 Å². The molecule has 3 heterocycles. The third-order valence-electron chi connectivity index (χ3n) is 13.8. The number of hydrogen-bond acceptors (Lipinski definition) is 4. The zero-order chi connectivity index (χ0) is 45.4. The maximum atomic E-state index is 6.60. The van der Waals surface area contributed by atoms with Crippen molar-refractivity contribution in [1.82, 2.24) is 14.5 Å². The lowest BCUT2D eigenvalue weighted by molar-refractivity contribution is 0.669. The molecule has 0 saturated carbocycles. The van der Waals surface area contributed by atoms with Crippen LogP contribution in [0.2, 0.25) is 0 Å². The molecule has 0 atom stereocenters.